The van der Waals surface area contributed by atoms with E-state index < -0.39 is 6.09 Å². The Bertz CT molecular complexity index is 580. The molecule has 0 spiro atoms. The van der Waals surface area contributed by atoms with Gasteiger partial charge < -0.3 is 9.67 Å². The fraction of sp³-hybridized carbons (Fsp3) is 0.333. The number of carboxylic acid groups (broad SMARTS) is 1. The van der Waals surface area contributed by atoms with Gasteiger partial charge in [-0.1, -0.05) is 6.92 Å². The smallest absolute Gasteiger partial charge is 0.411 e. The topological polar surface area (TPSA) is 67.2 Å². The number of anilines is 1. The van der Waals surface area contributed by atoms with Crippen LogP contribution in [0.3, 0.4) is 0 Å². The van der Waals surface area contributed by atoms with Crippen LogP contribution in [0.1, 0.15) is 13.3 Å². The summed E-state index contributed by atoms with van der Waals surface area (Å²) in [5, 5.41) is 11.0. The minimum atomic E-state index is -1.10. The first-order valence-electron chi connectivity index (χ1n) is 5.71. The van der Waals surface area contributed by atoms with Crippen LogP contribution in [0.25, 0.3) is 11.0 Å². The molecule has 0 aliphatic carbocycles. The third kappa shape index (κ3) is 2.59. The maximum atomic E-state index is 10.6. The van der Waals surface area contributed by atoms with Gasteiger partial charge >= 0.3 is 6.09 Å². The largest absolute Gasteiger partial charge is 0.465 e. The van der Waals surface area contributed by atoms with Crippen molar-refractivity contribution in [1.29, 1.82) is 0 Å². The van der Waals surface area contributed by atoms with Crippen LogP contribution in [0.5, 0.6) is 0 Å². The fourth-order valence-electron chi connectivity index (χ4n) is 1.70. The lowest BCUT2D eigenvalue weighted by Crippen LogP contribution is -2.11. The van der Waals surface area contributed by atoms with Crippen molar-refractivity contribution in [1.82, 2.24) is 9.55 Å². The van der Waals surface area contributed by atoms with Crippen molar-refractivity contribution in [2.24, 2.45) is 7.05 Å². The molecule has 2 aromatic rings. The Balaban J connectivity index is 2.35. The maximum Gasteiger partial charge on any atom is 0.411 e. The number of hydrogen-bond acceptors (Lipinski definition) is 3. The monoisotopic (exact) mass is 265 g/mol. The highest BCUT2D eigenvalue weighted by Crippen LogP contribution is 2.25. The number of imidazole rings is 1. The van der Waals surface area contributed by atoms with Crippen LogP contribution >= 0.6 is 11.8 Å². The minimum Gasteiger partial charge on any atom is -0.465 e. The van der Waals surface area contributed by atoms with E-state index in [0.717, 1.165) is 28.1 Å². The summed E-state index contributed by atoms with van der Waals surface area (Å²) in [6, 6.07) is 5.99. The SMILES string of the molecule is CCCSc1ccc2c(c1)nc(NC(=O)O)n2C. The zero-order valence-electron chi connectivity index (χ0n) is 10.3. The molecule has 0 saturated carbocycles. The van der Waals surface area contributed by atoms with Gasteiger partial charge in [-0.25, -0.2) is 9.78 Å². The summed E-state index contributed by atoms with van der Waals surface area (Å²) in [5.74, 6) is 1.41. The molecule has 0 saturated heterocycles. The Kier molecular flexibility index (Phi) is 3.76. The van der Waals surface area contributed by atoms with E-state index in [2.05, 4.69) is 17.2 Å². The van der Waals surface area contributed by atoms with Gasteiger partial charge in [-0.2, -0.15) is 0 Å². The number of carbonyl (C=O) groups is 1. The van der Waals surface area contributed by atoms with Gasteiger partial charge in [0.1, 0.15) is 0 Å². The van der Waals surface area contributed by atoms with E-state index in [0.29, 0.717) is 5.95 Å². The van der Waals surface area contributed by atoms with Crippen LogP contribution < -0.4 is 5.32 Å². The van der Waals surface area contributed by atoms with Crippen LogP contribution in [-0.4, -0.2) is 26.5 Å². The Morgan fingerprint density at radius 2 is 2.33 bits per heavy atom. The number of rotatable bonds is 4. The summed E-state index contributed by atoms with van der Waals surface area (Å²) in [4.78, 5) is 16.1. The number of benzene rings is 1. The zero-order valence-corrected chi connectivity index (χ0v) is 11.1. The normalized spacial score (nSPS) is 10.8. The second-order valence-electron chi connectivity index (χ2n) is 3.92. The highest BCUT2D eigenvalue weighted by Gasteiger charge is 2.10. The number of amides is 1. The second-order valence-corrected chi connectivity index (χ2v) is 5.09. The van der Waals surface area contributed by atoms with Crippen LogP contribution in [0.4, 0.5) is 10.7 Å². The molecule has 1 aromatic carbocycles. The summed E-state index contributed by atoms with van der Waals surface area (Å²) < 4.78 is 1.73. The van der Waals surface area contributed by atoms with E-state index in [1.807, 2.05) is 18.2 Å². The minimum absolute atomic E-state index is 0.343. The lowest BCUT2D eigenvalue weighted by Gasteiger charge is -2.01. The summed E-state index contributed by atoms with van der Waals surface area (Å²) in [6.45, 7) is 2.14. The number of aromatic nitrogens is 2. The average molecular weight is 265 g/mol. The molecule has 0 radical (unpaired) electrons. The van der Waals surface area contributed by atoms with Gasteiger partial charge in [-0.15, -0.1) is 11.8 Å². The number of nitrogens with zero attached hydrogens (tertiary/aromatic N) is 2. The van der Waals surface area contributed by atoms with Gasteiger partial charge in [0.25, 0.3) is 0 Å². The summed E-state index contributed by atoms with van der Waals surface area (Å²) in [6.07, 6.45) is 0.0190. The third-order valence-corrected chi connectivity index (χ3v) is 3.74. The summed E-state index contributed by atoms with van der Waals surface area (Å²) in [7, 11) is 1.79. The molecule has 1 amide bonds. The van der Waals surface area contributed by atoms with Gasteiger partial charge in [0.2, 0.25) is 5.95 Å². The van der Waals surface area contributed by atoms with Gasteiger partial charge in [0.15, 0.2) is 0 Å². The van der Waals surface area contributed by atoms with Crippen molar-refractivity contribution in [3.8, 4) is 0 Å². The van der Waals surface area contributed by atoms with Gasteiger partial charge in [-0.05, 0) is 30.4 Å². The molecule has 1 aromatic heterocycles. The molecule has 1 heterocycles. The van der Waals surface area contributed by atoms with Crippen LogP contribution in [0, 0.1) is 0 Å². The van der Waals surface area contributed by atoms with E-state index in [9.17, 15) is 4.79 Å². The van der Waals surface area contributed by atoms with E-state index in [1.54, 1.807) is 23.4 Å². The molecule has 0 bridgehead atoms. The Morgan fingerprint density at radius 1 is 1.56 bits per heavy atom. The predicted octanol–water partition coefficient (Wildman–Crippen LogP) is 3.17. The quantitative estimate of drug-likeness (QED) is 0.833. The molecule has 6 heteroatoms. The van der Waals surface area contributed by atoms with Crippen LogP contribution in [0.2, 0.25) is 0 Å². The molecule has 0 fully saturated rings. The molecule has 2 N–H and O–H groups in total. The molecule has 0 aliphatic heterocycles. The number of hydrogen-bond donors (Lipinski definition) is 2. The number of fused-ring (bicyclic) bond motifs is 1. The van der Waals surface area contributed by atoms with E-state index in [4.69, 9.17) is 5.11 Å². The number of aryl methyl sites for hydroxylation is 1. The van der Waals surface area contributed by atoms with Crippen molar-refractivity contribution < 1.29 is 9.90 Å². The zero-order chi connectivity index (χ0) is 13.1. The molecular formula is C12H15N3O2S. The Labute approximate surface area is 109 Å². The fourth-order valence-corrected chi connectivity index (χ4v) is 2.50. The van der Waals surface area contributed by atoms with Crippen molar-refractivity contribution in [2.75, 3.05) is 11.1 Å². The first-order valence-corrected chi connectivity index (χ1v) is 6.69. The second kappa shape index (κ2) is 5.30. The number of nitrogens with one attached hydrogen (secondary N) is 1. The average Bonchev–Trinajstić information content (AvgIpc) is 2.63. The molecule has 0 unspecified atom stereocenters. The number of thioether (sulfide) groups is 1. The van der Waals surface area contributed by atoms with Gasteiger partial charge in [-0.3, -0.25) is 5.32 Å². The van der Waals surface area contributed by atoms with Crippen molar-refractivity contribution in [3.05, 3.63) is 18.2 Å². The molecule has 96 valence electrons. The highest BCUT2D eigenvalue weighted by atomic mass is 32.2. The summed E-state index contributed by atoms with van der Waals surface area (Å²) in [5.41, 5.74) is 1.72. The Hall–Kier alpha value is -1.69. The maximum absolute atomic E-state index is 10.6. The standard InChI is InChI=1S/C12H15N3O2S/c1-3-6-18-8-4-5-10-9(7-8)13-11(15(10)2)14-12(16)17/h4-5,7H,3,6H2,1-2H3,(H,13,14)(H,16,17). The van der Waals surface area contributed by atoms with Gasteiger partial charge in [0, 0.05) is 11.9 Å². The molecular weight excluding hydrogens is 250 g/mol. The van der Waals surface area contributed by atoms with Gasteiger partial charge in [0.05, 0.1) is 11.0 Å². The molecule has 2 rings (SSSR count). The molecule has 18 heavy (non-hydrogen) atoms. The third-order valence-electron chi connectivity index (χ3n) is 2.54. The van der Waals surface area contributed by atoms with E-state index in [1.165, 1.54) is 0 Å². The molecule has 0 aliphatic rings. The van der Waals surface area contributed by atoms with Crippen LogP contribution in [-0.2, 0) is 7.05 Å². The van der Waals surface area contributed by atoms with Crippen molar-refractivity contribution in [2.45, 2.75) is 18.2 Å². The lowest BCUT2D eigenvalue weighted by molar-refractivity contribution is 0.209. The lowest BCUT2D eigenvalue weighted by atomic mass is 10.3. The predicted molar refractivity (Wildman–Crippen MR) is 73.4 cm³/mol. The molecule has 5 nitrogen and oxygen atoms in total. The van der Waals surface area contributed by atoms with Crippen molar-refractivity contribution >= 4 is 34.8 Å². The first kappa shape index (κ1) is 12.8. The first-order chi connectivity index (χ1) is 8.61. The molecule has 0 atom stereocenters. The van der Waals surface area contributed by atoms with E-state index >= 15 is 0 Å². The Morgan fingerprint density at radius 3 is 3.00 bits per heavy atom. The van der Waals surface area contributed by atoms with Crippen LogP contribution in [0.15, 0.2) is 23.1 Å². The van der Waals surface area contributed by atoms with Crippen molar-refractivity contribution in [3.63, 3.8) is 0 Å². The summed E-state index contributed by atoms with van der Waals surface area (Å²) >= 11 is 1.78. The highest BCUT2D eigenvalue weighted by molar-refractivity contribution is 7.99. The van der Waals surface area contributed by atoms with E-state index in [-0.39, 0.29) is 0 Å².